The van der Waals surface area contributed by atoms with Crippen LogP contribution in [0.1, 0.15) is 19.8 Å². The van der Waals surface area contributed by atoms with Gasteiger partial charge in [0.05, 0.1) is 11.5 Å². The SMILES string of the molecule is CNC(C)(CCCOc1cc(F)ccc1[N+](=O)[O-])C(=O)O. The van der Waals surface area contributed by atoms with Crippen molar-refractivity contribution in [3.63, 3.8) is 0 Å². The zero-order valence-electron chi connectivity index (χ0n) is 11.8. The number of benzene rings is 1. The average molecular weight is 300 g/mol. The molecule has 0 heterocycles. The van der Waals surface area contributed by atoms with Gasteiger partial charge in [-0.1, -0.05) is 0 Å². The molecule has 1 aromatic carbocycles. The maximum atomic E-state index is 13.1. The van der Waals surface area contributed by atoms with E-state index in [9.17, 15) is 19.3 Å². The number of hydrogen-bond acceptors (Lipinski definition) is 5. The third-order valence-electron chi connectivity index (χ3n) is 3.22. The summed E-state index contributed by atoms with van der Waals surface area (Å²) >= 11 is 0. The van der Waals surface area contributed by atoms with Crippen LogP contribution in [0.2, 0.25) is 0 Å². The van der Waals surface area contributed by atoms with Gasteiger partial charge >= 0.3 is 11.7 Å². The van der Waals surface area contributed by atoms with Gasteiger partial charge < -0.3 is 15.2 Å². The number of hydrogen-bond donors (Lipinski definition) is 2. The molecule has 116 valence electrons. The molecule has 0 fully saturated rings. The van der Waals surface area contributed by atoms with Crippen molar-refractivity contribution in [1.29, 1.82) is 0 Å². The summed E-state index contributed by atoms with van der Waals surface area (Å²) in [5.41, 5.74) is -1.43. The molecule has 0 amide bonds. The molecule has 8 heteroatoms. The van der Waals surface area contributed by atoms with Crippen LogP contribution in [0, 0.1) is 15.9 Å². The van der Waals surface area contributed by atoms with E-state index in [0.717, 1.165) is 18.2 Å². The first-order valence-electron chi connectivity index (χ1n) is 6.29. The molecule has 0 aromatic heterocycles. The second-order valence-electron chi connectivity index (χ2n) is 4.71. The van der Waals surface area contributed by atoms with Crippen LogP contribution in [0.4, 0.5) is 10.1 Å². The number of nitro benzene ring substituents is 1. The minimum Gasteiger partial charge on any atom is -0.487 e. The fraction of sp³-hybridized carbons (Fsp3) is 0.462. The van der Waals surface area contributed by atoms with E-state index in [2.05, 4.69) is 5.32 Å². The smallest absolute Gasteiger partial charge is 0.323 e. The van der Waals surface area contributed by atoms with Gasteiger partial charge in [0.1, 0.15) is 11.4 Å². The monoisotopic (exact) mass is 300 g/mol. The highest BCUT2D eigenvalue weighted by atomic mass is 19.1. The van der Waals surface area contributed by atoms with Crippen LogP contribution in [0.15, 0.2) is 18.2 Å². The number of ether oxygens (including phenoxy) is 1. The summed E-state index contributed by atoms with van der Waals surface area (Å²) in [6.07, 6.45) is 0.610. The van der Waals surface area contributed by atoms with Crippen molar-refractivity contribution in [2.75, 3.05) is 13.7 Å². The molecule has 1 atom stereocenters. The van der Waals surface area contributed by atoms with Crippen LogP contribution in [0.5, 0.6) is 5.75 Å². The fourth-order valence-electron chi connectivity index (χ4n) is 1.70. The van der Waals surface area contributed by atoms with Crippen molar-refractivity contribution in [2.24, 2.45) is 0 Å². The normalized spacial score (nSPS) is 13.5. The third kappa shape index (κ3) is 4.38. The summed E-state index contributed by atoms with van der Waals surface area (Å²) in [7, 11) is 1.53. The van der Waals surface area contributed by atoms with Crippen molar-refractivity contribution >= 4 is 11.7 Å². The van der Waals surface area contributed by atoms with E-state index in [-0.39, 0.29) is 24.5 Å². The topological polar surface area (TPSA) is 102 Å². The minimum atomic E-state index is -1.10. The summed E-state index contributed by atoms with van der Waals surface area (Å²) in [6, 6.07) is 2.94. The van der Waals surface area contributed by atoms with Crippen molar-refractivity contribution in [2.45, 2.75) is 25.3 Å². The minimum absolute atomic E-state index is 0.0504. The summed E-state index contributed by atoms with van der Waals surface area (Å²) in [5.74, 6) is -1.80. The number of likely N-dealkylation sites (N-methyl/N-ethyl adjacent to an activating group) is 1. The van der Waals surface area contributed by atoms with Crippen LogP contribution < -0.4 is 10.1 Å². The first-order valence-corrected chi connectivity index (χ1v) is 6.29. The molecular weight excluding hydrogens is 283 g/mol. The van der Waals surface area contributed by atoms with Gasteiger partial charge in [-0.15, -0.1) is 0 Å². The van der Waals surface area contributed by atoms with Crippen LogP contribution in [-0.4, -0.2) is 35.2 Å². The molecular formula is C13H17FN2O5. The molecule has 0 aliphatic rings. The van der Waals surface area contributed by atoms with Gasteiger partial charge in [0, 0.05) is 12.1 Å². The molecule has 0 aliphatic carbocycles. The Kier molecular flexibility index (Phi) is 5.60. The van der Waals surface area contributed by atoms with E-state index in [4.69, 9.17) is 9.84 Å². The van der Waals surface area contributed by atoms with E-state index in [1.807, 2.05) is 0 Å². The molecule has 1 aromatic rings. The summed E-state index contributed by atoms with van der Waals surface area (Å²) in [6.45, 7) is 1.58. The number of carbonyl (C=O) groups is 1. The van der Waals surface area contributed by atoms with Gasteiger partial charge in [0.2, 0.25) is 0 Å². The Labute approximate surface area is 120 Å². The Bertz CT molecular complexity index is 537. The number of nitro groups is 1. The molecule has 2 N–H and O–H groups in total. The number of aliphatic carboxylic acids is 1. The van der Waals surface area contributed by atoms with Gasteiger partial charge in [-0.05, 0) is 32.9 Å². The molecule has 1 unspecified atom stereocenters. The van der Waals surface area contributed by atoms with E-state index in [1.165, 1.54) is 14.0 Å². The summed E-state index contributed by atoms with van der Waals surface area (Å²) < 4.78 is 18.3. The Morgan fingerprint density at radius 1 is 1.57 bits per heavy atom. The quantitative estimate of drug-likeness (QED) is 0.432. The summed E-state index contributed by atoms with van der Waals surface area (Å²) in [4.78, 5) is 21.2. The lowest BCUT2D eigenvalue weighted by Gasteiger charge is -2.23. The highest BCUT2D eigenvalue weighted by Crippen LogP contribution is 2.27. The zero-order chi connectivity index (χ0) is 16.0. The van der Waals surface area contributed by atoms with E-state index < -0.39 is 22.2 Å². The van der Waals surface area contributed by atoms with Crippen molar-refractivity contribution in [3.8, 4) is 5.75 Å². The first kappa shape index (κ1) is 16.8. The van der Waals surface area contributed by atoms with Crippen molar-refractivity contribution in [1.82, 2.24) is 5.32 Å². The Morgan fingerprint density at radius 3 is 2.76 bits per heavy atom. The third-order valence-corrected chi connectivity index (χ3v) is 3.22. The van der Waals surface area contributed by atoms with Gasteiger partial charge in [0.25, 0.3) is 0 Å². The van der Waals surface area contributed by atoms with Gasteiger partial charge in [-0.25, -0.2) is 4.39 Å². The number of halogens is 1. The molecule has 0 radical (unpaired) electrons. The lowest BCUT2D eigenvalue weighted by molar-refractivity contribution is -0.385. The van der Waals surface area contributed by atoms with Gasteiger partial charge in [-0.3, -0.25) is 14.9 Å². The van der Waals surface area contributed by atoms with Crippen molar-refractivity contribution in [3.05, 3.63) is 34.1 Å². The predicted octanol–water partition coefficient (Wildman–Crippen LogP) is 1.96. The Balaban J connectivity index is 2.63. The van der Waals surface area contributed by atoms with Crippen LogP contribution in [-0.2, 0) is 4.79 Å². The predicted molar refractivity (Wildman–Crippen MR) is 72.9 cm³/mol. The second kappa shape index (κ2) is 6.98. The molecule has 1 rings (SSSR count). The molecule has 0 spiro atoms. The standard InChI is InChI=1S/C13H17FN2O5/c1-13(15-2,12(17)18)6-3-7-21-11-8-9(14)4-5-10(11)16(19)20/h4-5,8,15H,3,6-7H2,1-2H3,(H,17,18). The second-order valence-corrected chi connectivity index (χ2v) is 4.71. The van der Waals surface area contributed by atoms with Crippen molar-refractivity contribution < 1.29 is 24.0 Å². The molecule has 7 nitrogen and oxygen atoms in total. The number of rotatable bonds is 8. The lowest BCUT2D eigenvalue weighted by atomic mass is 9.96. The van der Waals surface area contributed by atoms with Gasteiger partial charge in [0.15, 0.2) is 5.75 Å². The molecule has 0 saturated carbocycles. The van der Waals surface area contributed by atoms with E-state index in [0.29, 0.717) is 6.42 Å². The zero-order valence-corrected chi connectivity index (χ0v) is 11.8. The lowest BCUT2D eigenvalue weighted by Crippen LogP contribution is -2.47. The van der Waals surface area contributed by atoms with Gasteiger partial charge in [-0.2, -0.15) is 0 Å². The van der Waals surface area contributed by atoms with Crippen LogP contribution in [0.25, 0.3) is 0 Å². The number of carboxylic acids is 1. The molecule has 21 heavy (non-hydrogen) atoms. The number of nitrogens with zero attached hydrogens (tertiary/aromatic N) is 1. The first-order chi connectivity index (χ1) is 9.80. The fourth-order valence-corrected chi connectivity index (χ4v) is 1.70. The number of nitrogens with one attached hydrogen (secondary N) is 1. The van der Waals surface area contributed by atoms with Crippen LogP contribution in [0.3, 0.4) is 0 Å². The highest BCUT2D eigenvalue weighted by molar-refractivity contribution is 5.78. The Hall–Kier alpha value is -2.22. The summed E-state index contributed by atoms with van der Waals surface area (Å²) in [5, 5.41) is 22.5. The maximum Gasteiger partial charge on any atom is 0.323 e. The van der Waals surface area contributed by atoms with E-state index >= 15 is 0 Å². The van der Waals surface area contributed by atoms with Crippen LogP contribution >= 0.6 is 0 Å². The molecule has 0 aliphatic heterocycles. The largest absolute Gasteiger partial charge is 0.487 e. The van der Waals surface area contributed by atoms with E-state index in [1.54, 1.807) is 0 Å². The number of carboxylic acid groups (broad SMARTS) is 1. The maximum absolute atomic E-state index is 13.1. The highest BCUT2D eigenvalue weighted by Gasteiger charge is 2.30. The average Bonchev–Trinajstić information content (AvgIpc) is 2.42. The molecule has 0 bridgehead atoms. The molecule has 0 saturated heterocycles. The Morgan fingerprint density at radius 2 is 2.24 bits per heavy atom.